The van der Waals surface area contributed by atoms with Crippen LogP contribution in [-0.4, -0.2) is 33.8 Å². The molecule has 0 bridgehead atoms. The van der Waals surface area contributed by atoms with Crippen LogP contribution in [0.15, 0.2) is 17.0 Å². The summed E-state index contributed by atoms with van der Waals surface area (Å²) in [5.41, 5.74) is -0.469. The Bertz CT molecular complexity index is 746. The number of rotatable bonds is 5. The van der Waals surface area contributed by atoms with E-state index in [0.717, 1.165) is 18.4 Å². The van der Waals surface area contributed by atoms with Crippen LogP contribution < -0.4 is 9.47 Å². The Balaban J connectivity index is 3.66. The van der Waals surface area contributed by atoms with Crippen molar-refractivity contribution in [2.75, 3.05) is 20.5 Å². The third kappa shape index (κ3) is 3.70. The third-order valence-electron chi connectivity index (χ3n) is 2.53. The molecule has 21 heavy (non-hydrogen) atoms. The van der Waals surface area contributed by atoms with Gasteiger partial charge in [-0.1, -0.05) is 0 Å². The van der Waals surface area contributed by atoms with Gasteiger partial charge >= 0.3 is 0 Å². The van der Waals surface area contributed by atoms with Gasteiger partial charge in [0.2, 0.25) is 0 Å². The normalized spacial score (nSPS) is 11.6. The second-order valence-corrected chi connectivity index (χ2v) is 5.90. The van der Waals surface area contributed by atoms with Crippen molar-refractivity contribution in [2.45, 2.75) is 0 Å². The average molecular weight is 312 g/mol. The highest BCUT2D eigenvalue weighted by atomic mass is 32.2. The highest BCUT2D eigenvalue weighted by Gasteiger charge is 2.20. The van der Waals surface area contributed by atoms with Gasteiger partial charge < -0.3 is 9.47 Å². The minimum Gasteiger partial charge on any atom is -0.493 e. The lowest BCUT2D eigenvalue weighted by Crippen LogP contribution is -2.01. The molecule has 0 unspecified atom stereocenters. The molecule has 0 spiro atoms. The molecule has 9 heteroatoms. The van der Waals surface area contributed by atoms with Crippen molar-refractivity contribution in [2.24, 2.45) is 0 Å². The maximum absolute atomic E-state index is 11.4. The summed E-state index contributed by atoms with van der Waals surface area (Å²) in [6, 6.07) is 3.84. The van der Waals surface area contributed by atoms with E-state index >= 15 is 0 Å². The first-order chi connectivity index (χ1) is 9.74. The zero-order valence-corrected chi connectivity index (χ0v) is 12.3. The van der Waals surface area contributed by atoms with Gasteiger partial charge in [0.05, 0.1) is 30.8 Å². The summed E-state index contributed by atoms with van der Waals surface area (Å²) in [6.07, 6.45) is 1.77. The fourth-order valence-corrected chi connectivity index (χ4v) is 2.03. The molecule has 0 saturated carbocycles. The molecular weight excluding hydrogens is 300 g/mol. The van der Waals surface area contributed by atoms with E-state index in [9.17, 15) is 18.5 Å². The number of sulfone groups is 1. The first kappa shape index (κ1) is 16.5. The molecule has 0 aliphatic rings. The van der Waals surface area contributed by atoms with Crippen molar-refractivity contribution in [1.29, 1.82) is 5.26 Å². The predicted octanol–water partition coefficient (Wildman–Crippen LogP) is 1.52. The Morgan fingerprint density at radius 1 is 1.33 bits per heavy atom. The Labute approximate surface area is 121 Å². The Morgan fingerprint density at radius 2 is 1.86 bits per heavy atom. The van der Waals surface area contributed by atoms with Crippen LogP contribution in [-0.2, 0) is 9.84 Å². The Hall–Kier alpha value is -2.60. The fourth-order valence-electron chi connectivity index (χ4n) is 1.52. The Morgan fingerprint density at radius 3 is 2.24 bits per heavy atom. The maximum atomic E-state index is 11.4. The molecule has 0 aromatic heterocycles. The van der Waals surface area contributed by atoms with Crippen LogP contribution in [0.5, 0.6) is 11.5 Å². The standard InChI is InChI=1S/C12H12N2O6S/c1-19-11-5-8(4-9(7-13)21(3,17)18)10(14(15)16)6-12(11)20-2/h4-6H,1-3H3/b9-4+. The molecule has 0 amide bonds. The van der Waals surface area contributed by atoms with Gasteiger partial charge in [-0.25, -0.2) is 8.42 Å². The second kappa shape index (κ2) is 6.23. The molecule has 0 N–H and O–H groups in total. The van der Waals surface area contributed by atoms with E-state index in [1.54, 1.807) is 0 Å². The fraction of sp³-hybridized carbons (Fsp3) is 0.250. The van der Waals surface area contributed by atoms with Crippen molar-refractivity contribution in [3.05, 3.63) is 32.7 Å². The van der Waals surface area contributed by atoms with Gasteiger partial charge in [0.25, 0.3) is 5.69 Å². The van der Waals surface area contributed by atoms with Gasteiger partial charge in [0.1, 0.15) is 11.0 Å². The lowest BCUT2D eigenvalue weighted by Gasteiger charge is -2.09. The van der Waals surface area contributed by atoms with Crippen molar-refractivity contribution in [3.8, 4) is 17.6 Å². The molecule has 112 valence electrons. The van der Waals surface area contributed by atoms with Crippen molar-refractivity contribution >= 4 is 21.6 Å². The summed E-state index contributed by atoms with van der Waals surface area (Å²) in [7, 11) is -1.14. The number of benzene rings is 1. The van der Waals surface area contributed by atoms with E-state index in [-0.39, 0.29) is 17.1 Å². The van der Waals surface area contributed by atoms with Gasteiger partial charge in [-0.3, -0.25) is 10.1 Å². The lowest BCUT2D eigenvalue weighted by atomic mass is 10.1. The van der Waals surface area contributed by atoms with Crippen molar-refractivity contribution in [1.82, 2.24) is 0 Å². The molecule has 0 saturated heterocycles. The number of ether oxygens (including phenoxy) is 2. The largest absolute Gasteiger partial charge is 0.493 e. The zero-order chi connectivity index (χ0) is 16.2. The van der Waals surface area contributed by atoms with E-state index in [2.05, 4.69) is 0 Å². The van der Waals surface area contributed by atoms with Crippen LogP contribution >= 0.6 is 0 Å². The highest BCUT2D eigenvalue weighted by molar-refractivity contribution is 7.95. The molecule has 1 aromatic carbocycles. The molecule has 0 heterocycles. The molecule has 0 aliphatic heterocycles. The first-order valence-corrected chi connectivity index (χ1v) is 7.36. The predicted molar refractivity (Wildman–Crippen MR) is 74.6 cm³/mol. The van der Waals surface area contributed by atoms with E-state index in [1.165, 1.54) is 26.4 Å². The summed E-state index contributed by atoms with van der Waals surface area (Å²) >= 11 is 0. The van der Waals surface area contributed by atoms with Crippen LogP contribution in [0.1, 0.15) is 5.56 Å². The monoisotopic (exact) mass is 312 g/mol. The molecule has 1 rings (SSSR count). The second-order valence-electron chi connectivity index (χ2n) is 3.92. The number of hydrogen-bond donors (Lipinski definition) is 0. The maximum Gasteiger partial charge on any atom is 0.280 e. The van der Waals surface area contributed by atoms with E-state index in [1.807, 2.05) is 0 Å². The molecule has 0 atom stereocenters. The van der Waals surface area contributed by atoms with Crippen molar-refractivity contribution in [3.63, 3.8) is 0 Å². The van der Waals surface area contributed by atoms with E-state index < -0.39 is 25.4 Å². The molecule has 0 aliphatic carbocycles. The van der Waals surface area contributed by atoms with Crippen LogP contribution in [0, 0.1) is 21.4 Å². The van der Waals surface area contributed by atoms with Gasteiger partial charge in [0.15, 0.2) is 21.3 Å². The summed E-state index contributed by atoms with van der Waals surface area (Å²) in [5.74, 6) is 0.305. The number of nitro groups is 1. The van der Waals surface area contributed by atoms with Gasteiger partial charge in [-0.05, 0) is 12.1 Å². The number of nitro benzene ring substituents is 1. The summed E-state index contributed by atoms with van der Waals surface area (Å²) in [4.78, 5) is 9.77. The average Bonchev–Trinajstić information content (AvgIpc) is 2.42. The number of nitrogens with zero attached hydrogens (tertiary/aromatic N) is 2. The van der Waals surface area contributed by atoms with Crippen molar-refractivity contribution < 1.29 is 22.8 Å². The van der Waals surface area contributed by atoms with Gasteiger partial charge in [-0.2, -0.15) is 5.26 Å². The van der Waals surface area contributed by atoms with Gasteiger partial charge in [-0.15, -0.1) is 0 Å². The number of methoxy groups -OCH3 is 2. The SMILES string of the molecule is COc1cc(/C=C(\C#N)S(C)(=O)=O)c([N+](=O)[O-])cc1OC. The van der Waals surface area contributed by atoms with Crippen LogP contribution in [0.4, 0.5) is 5.69 Å². The lowest BCUT2D eigenvalue weighted by molar-refractivity contribution is -0.385. The van der Waals surface area contributed by atoms with Gasteiger partial charge in [0, 0.05) is 6.26 Å². The molecular formula is C12H12N2O6S. The minimum atomic E-state index is -3.79. The number of allylic oxidation sites excluding steroid dienone is 1. The highest BCUT2D eigenvalue weighted by Crippen LogP contribution is 2.35. The molecule has 1 aromatic rings. The molecule has 0 fully saturated rings. The van der Waals surface area contributed by atoms with Crippen LogP contribution in [0.2, 0.25) is 0 Å². The Kier molecular flexibility index (Phi) is 4.88. The summed E-state index contributed by atoms with van der Waals surface area (Å²) in [6.45, 7) is 0. The minimum absolute atomic E-state index is 0.0698. The number of hydrogen-bond acceptors (Lipinski definition) is 7. The third-order valence-corrected chi connectivity index (χ3v) is 3.53. The van der Waals surface area contributed by atoms with Crippen LogP contribution in [0.25, 0.3) is 6.08 Å². The first-order valence-electron chi connectivity index (χ1n) is 5.46. The smallest absolute Gasteiger partial charge is 0.280 e. The zero-order valence-electron chi connectivity index (χ0n) is 11.5. The van der Waals surface area contributed by atoms with E-state index in [4.69, 9.17) is 14.7 Å². The summed E-state index contributed by atoms with van der Waals surface area (Å²) in [5, 5.41) is 19.9. The number of nitriles is 1. The topological polar surface area (TPSA) is 120 Å². The summed E-state index contributed by atoms with van der Waals surface area (Å²) < 4.78 is 32.8. The molecule has 0 radical (unpaired) electrons. The van der Waals surface area contributed by atoms with Crippen LogP contribution in [0.3, 0.4) is 0 Å². The van der Waals surface area contributed by atoms with E-state index in [0.29, 0.717) is 0 Å². The molecule has 8 nitrogen and oxygen atoms in total. The quantitative estimate of drug-likeness (QED) is 0.459.